The minimum absolute atomic E-state index is 0.266. The van der Waals surface area contributed by atoms with Gasteiger partial charge in [0.1, 0.15) is 5.82 Å². The van der Waals surface area contributed by atoms with E-state index in [4.69, 9.17) is 0 Å². The van der Waals surface area contributed by atoms with Crippen molar-refractivity contribution in [1.82, 2.24) is 15.1 Å². The van der Waals surface area contributed by atoms with Gasteiger partial charge in [0, 0.05) is 17.1 Å². The fourth-order valence-corrected chi connectivity index (χ4v) is 4.37. The van der Waals surface area contributed by atoms with E-state index in [1.165, 1.54) is 0 Å². The maximum Gasteiger partial charge on any atom is 0.314 e. The lowest BCUT2D eigenvalue weighted by atomic mass is 10.1. The van der Waals surface area contributed by atoms with Crippen LogP contribution in [0.25, 0.3) is 5.69 Å². The van der Waals surface area contributed by atoms with Gasteiger partial charge in [-0.1, -0.05) is 42.5 Å². The Balaban J connectivity index is 1.56. The summed E-state index contributed by atoms with van der Waals surface area (Å²) in [6.07, 6.45) is 0. The second-order valence-corrected chi connectivity index (χ2v) is 8.06. The van der Waals surface area contributed by atoms with Gasteiger partial charge in [0.2, 0.25) is 0 Å². The van der Waals surface area contributed by atoms with Gasteiger partial charge in [-0.15, -0.1) is 0 Å². The van der Waals surface area contributed by atoms with Gasteiger partial charge >= 0.3 is 11.8 Å². The predicted octanol–water partition coefficient (Wildman–Crippen LogP) is 3.74. The van der Waals surface area contributed by atoms with Gasteiger partial charge in [-0.3, -0.25) is 9.59 Å². The Morgan fingerprint density at radius 3 is 2.62 bits per heavy atom. The molecule has 2 amide bonds. The van der Waals surface area contributed by atoms with Crippen molar-refractivity contribution in [2.24, 2.45) is 0 Å². The maximum absolute atomic E-state index is 12.7. The van der Waals surface area contributed by atoms with Gasteiger partial charge in [-0.2, -0.15) is 16.9 Å². The van der Waals surface area contributed by atoms with Crippen molar-refractivity contribution in [2.75, 3.05) is 5.32 Å². The van der Waals surface area contributed by atoms with Gasteiger partial charge in [-0.25, -0.2) is 4.68 Å². The summed E-state index contributed by atoms with van der Waals surface area (Å²) in [4.78, 5) is 25.2. The number of nitrogens with zero attached hydrogens (tertiary/aromatic N) is 2. The highest BCUT2D eigenvalue weighted by atomic mass is 32.2. The second kappa shape index (κ2) is 8.13. The van der Waals surface area contributed by atoms with Gasteiger partial charge < -0.3 is 10.6 Å². The molecule has 0 spiro atoms. The molecule has 2 N–H and O–H groups in total. The van der Waals surface area contributed by atoms with Crippen molar-refractivity contribution in [3.05, 3.63) is 77.0 Å². The average Bonchev–Trinajstić information content (AvgIpc) is 3.31. The van der Waals surface area contributed by atoms with Crippen LogP contribution in [0.15, 0.2) is 54.6 Å². The molecule has 6 nitrogen and oxygen atoms in total. The Bertz CT molecular complexity index is 1060. The van der Waals surface area contributed by atoms with Crippen LogP contribution in [0.1, 0.15) is 35.3 Å². The lowest BCUT2D eigenvalue weighted by molar-refractivity contribution is -0.136. The summed E-state index contributed by atoms with van der Waals surface area (Å²) < 4.78 is 1.73. The Hall–Kier alpha value is -3.06. The van der Waals surface area contributed by atoms with Gasteiger partial charge in [-0.05, 0) is 37.1 Å². The largest absolute Gasteiger partial charge is 0.341 e. The molecule has 0 saturated carbocycles. The van der Waals surface area contributed by atoms with E-state index in [2.05, 4.69) is 15.7 Å². The number of hydrogen-bond donors (Lipinski definition) is 2. The molecule has 3 aromatic rings. The fraction of sp³-hybridized carbons (Fsp3) is 0.227. The van der Waals surface area contributed by atoms with Crippen molar-refractivity contribution < 1.29 is 9.59 Å². The number of aryl methyl sites for hydroxylation is 1. The first-order valence-corrected chi connectivity index (χ1v) is 10.6. The number of carbonyl (C=O) groups excluding carboxylic acids is 2. The summed E-state index contributed by atoms with van der Waals surface area (Å²) >= 11 is 1.75. The average molecular weight is 407 g/mol. The predicted molar refractivity (Wildman–Crippen MR) is 115 cm³/mol. The zero-order valence-electron chi connectivity index (χ0n) is 16.3. The third kappa shape index (κ3) is 4.05. The lowest BCUT2D eigenvalue weighted by Gasteiger charge is -2.15. The topological polar surface area (TPSA) is 76.0 Å². The molecule has 0 aliphatic carbocycles. The van der Waals surface area contributed by atoms with Crippen LogP contribution in [0.3, 0.4) is 0 Å². The summed E-state index contributed by atoms with van der Waals surface area (Å²) in [5, 5.41) is 10.2. The summed E-state index contributed by atoms with van der Waals surface area (Å²) in [5.74, 6) is 0.773. The van der Waals surface area contributed by atoms with E-state index in [1.807, 2.05) is 68.4 Å². The molecule has 0 saturated heterocycles. The molecule has 2 heterocycles. The molecule has 0 bridgehead atoms. The van der Waals surface area contributed by atoms with Crippen LogP contribution < -0.4 is 10.6 Å². The van der Waals surface area contributed by atoms with E-state index in [9.17, 15) is 9.59 Å². The Labute approximate surface area is 173 Å². The van der Waals surface area contributed by atoms with Crippen LogP contribution in [0.5, 0.6) is 0 Å². The zero-order chi connectivity index (χ0) is 20.4. The van der Waals surface area contributed by atoms with E-state index in [0.717, 1.165) is 39.6 Å². The zero-order valence-corrected chi connectivity index (χ0v) is 17.1. The fourth-order valence-electron chi connectivity index (χ4n) is 3.34. The highest BCUT2D eigenvalue weighted by molar-refractivity contribution is 7.98. The number of nitrogens with one attached hydrogen (secondary N) is 2. The van der Waals surface area contributed by atoms with Gasteiger partial charge in [0.25, 0.3) is 0 Å². The van der Waals surface area contributed by atoms with Gasteiger partial charge in [0.15, 0.2) is 0 Å². The minimum atomic E-state index is -0.693. The standard InChI is InChI=1S/C22H22N4O2S/c1-14-7-6-10-17(11-14)26-20(18-12-29-13-19(18)25-26)24-22(28)21(27)23-15(2)16-8-4-3-5-9-16/h3-11,15H,12-13H2,1-2H3,(H,23,27)(H,24,28)/t15-/m0/s1. The van der Waals surface area contributed by atoms with Crippen molar-refractivity contribution >= 4 is 29.4 Å². The normalized spacial score (nSPS) is 13.6. The molecule has 148 valence electrons. The molecule has 1 aliphatic rings. The van der Waals surface area contributed by atoms with E-state index < -0.39 is 11.8 Å². The number of hydrogen-bond acceptors (Lipinski definition) is 4. The molecule has 0 radical (unpaired) electrons. The molecular formula is C22H22N4O2S. The van der Waals surface area contributed by atoms with Crippen LogP contribution in [0, 0.1) is 6.92 Å². The quantitative estimate of drug-likeness (QED) is 0.647. The Morgan fingerprint density at radius 1 is 1.07 bits per heavy atom. The van der Waals surface area contributed by atoms with Crippen LogP contribution in [-0.4, -0.2) is 21.6 Å². The van der Waals surface area contributed by atoms with E-state index in [1.54, 1.807) is 16.4 Å². The molecule has 2 aromatic carbocycles. The molecule has 29 heavy (non-hydrogen) atoms. The number of carbonyl (C=O) groups is 2. The van der Waals surface area contributed by atoms with Crippen molar-refractivity contribution in [3.8, 4) is 5.69 Å². The Kier molecular flexibility index (Phi) is 5.40. The number of thioether (sulfide) groups is 1. The first-order chi connectivity index (χ1) is 14.0. The summed E-state index contributed by atoms with van der Waals surface area (Å²) in [7, 11) is 0. The van der Waals surface area contributed by atoms with Crippen molar-refractivity contribution in [3.63, 3.8) is 0 Å². The second-order valence-electron chi connectivity index (χ2n) is 7.08. The lowest BCUT2D eigenvalue weighted by Crippen LogP contribution is -2.37. The number of benzene rings is 2. The van der Waals surface area contributed by atoms with Crippen LogP contribution >= 0.6 is 11.8 Å². The van der Waals surface area contributed by atoms with Crippen molar-refractivity contribution in [1.29, 1.82) is 0 Å². The molecule has 1 atom stereocenters. The SMILES string of the molecule is Cc1cccc(-n2nc3c(c2NC(=O)C(=O)N[C@@H](C)c2ccccc2)CSC3)c1. The molecular weight excluding hydrogens is 384 g/mol. The van der Waals surface area contributed by atoms with E-state index in [0.29, 0.717) is 5.82 Å². The van der Waals surface area contributed by atoms with Crippen LogP contribution in [0.2, 0.25) is 0 Å². The van der Waals surface area contributed by atoms with Crippen LogP contribution in [-0.2, 0) is 21.1 Å². The molecule has 1 aromatic heterocycles. The highest BCUT2D eigenvalue weighted by Crippen LogP contribution is 2.36. The summed E-state index contributed by atoms with van der Waals surface area (Å²) in [6.45, 7) is 3.86. The van der Waals surface area contributed by atoms with Gasteiger partial charge in [0.05, 0.1) is 17.4 Å². The molecule has 7 heteroatoms. The number of anilines is 1. The van der Waals surface area contributed by atoms with E-state index >= 15 is 0 Å². The van der Waals surface area contributed by atoms with E-state index in [-0.39, 0.29) is 6.04 Å². The molecule has 1 aliphatic heterocycles. The molecule has 4 rings (SSSR count). The third-order valence-electron chi connectivity index (χ3n) is 4.88. The summed E-state index contributed by atoms with van der Waals surface area (Å²) in [5.41, 5.74) is 4.83. The summed E-state index contributed by atoms with van der Waals surface area (Å²) in [6, 6.07) is 17.2. The first-order valence-electron chi connectivity index (χ1n) is 9.45. The maximum atomic E-state index is 12.7. The van der Waals surface area contributed by atoms with Crippen molar-refractivity contribution in [2.45, 2.75) is 31.4 Å². The monoisotopic (exact) mass is 406 g/mol. The number of amides is 2. The minimum Gasteiger partial charge on any atom is -0.341 e. The molecule has 0 fully saturated rings. The smallest absolute Gasteiger partial charge is 0.314 e. The number of fused-ring (bicyclic) bond motifs is 1. The number of rotatable bonds is 4. The Morgan fingerprint density at radius 2 is 1.86 bits per heavy atom. The number of aromatic nitrogens is 2. The van der Waals surface area contributed by atoms with Crippen LogP contribution in [0.4, 0.5) is 5.82 Å². The molecule has 0 unspecified atom stereocenters. The first kappa shape index (κ1) is 19.3. The highest BCUT2D eigenvalue weighted by Gasteiger charge is 2.27. The third-order valence-corrected chi connectivity index (χ3v) is 5.85.